The summed E-state index contributed by atoms with van der Waals surface area (Å²) < 4.78 is 10.6. The quantitative estimate of drug-likeness (QED) is 0.749. The summed E-state index contributed by atoms with van der Waals surface area (Å²) in [7, 11) is 0. The van der Waals surface area contributed by atoms with Crippen LogP contribution in [-0.2, 0) is 14.3 Å². The number of carboxylic acids is 1. The third kappa shape index (κ3) is 5.25. The molecule has 2 amide bonds. The second-order valence-electron chi connectivity index (χ2n) is 6.51. The Morgan fingerprint density at radius 3 is 2.72 bits per heavy atom. The van der Waals surface area contributed by atoms with Gasteiger partial charge in [-0.05, 0) is 39.0 Å². The summed E-state index contributed by atoms with van der Waals surface area (Å²) in [6.07, 6.45) is -2.23. The van der Waals surface area contributed by atoms with Crippen molar-refractivity contribution in [3.63, 3.8) is 0 Å². The lowest BCUT2D eigenvalue weighted by Crippen LogP contribution is -2.48. The van der Waals surface area contributed by atoms with Crippen LogP contribution in [0.25, 0.3) is 0 Å². The first-order valence-electron chi connectivity index (χ1n) is 7.54. The number of benzene rings is 1. The summed E-state index contributed by atoms with van der Waals surface area (Å²) in [6.45, 7) is 4.96. The zero-order valence-electron chi connectivity index (χ0n) is 14.0. The van der Waals surface area contributed by atoms with Crippen LogP contribution in [0.4, 0.5) is 10.5 Å². The maximum absolute atomic E-state index is 12.1. The summed E-state index contributed by atoms with van der Waals surface area (Å²) in [4.78, 5) is 35.3. The van der Waals surface area contributed by atoms with Gasteiger partial charge in [-0.3, -0.25) is 4.79 Å². The van der Waals surface area contributed by atoms with Crippen molar-refractivity contribution in [3.8, 4) is 5.75 Å². The molecule has 1 unspecified atom stereocenters. The van der Waals surface area contributed by atoms with Crippen LogP contribution in [0.15, 0.2) is 18.2 Å². The monoisotopic (exact) mass is 370 g/mol. The van der Waals surface area contributed by atoms with Gasteiger partial charge in [0.1, 0.15) is 17.4 Å². The Bertz CT molecular complexity index is 700. The van der Waals surface area contributed by atoms with Crippen molar-refractivity contribution in [2.75, 3.05) is 5.32 Å². The molecular formula is C16H19ClN2O6. The molecule has 1 aliphatic heterocycles. The van der Waals surface area contributed by atoms with Gasteiger partial charge < -0.3 is 25.2 Å². The Hall–Kier alpha value is -2.48. The van der Waals surface area contributed by atoms with Crippen molar-refractivity contribution in [3.05, 3.63) is 23.2 Å². The molecule has 0 saturated carbocycles. The fourth-order valence-electron chi connectivity index (χ4n) is 2.16. The number of anilines is 1. The van der Waals surface area contributed by atoms with Gasteiger partial charge in [-0.1, -0.05) is 11.6 Å². The summed E-state index contributed by atoms with van der Waals surface area (Å²) in [5, 5.41) is 14.6. The lowest BCUT2D eigenvalue weighted by molar-refractivity contribution is -0.140. The van der Waals surface area contributed by atoms with E-state index < -0.39 is 35.7 Å². The second kappa shape index (κ2) is 7.18. The predicted molar refractivity (Wildman–Crippen MR) is 89.9 cm³/mol. The van der Waals surface area contributed by atoms with Crippen molar-refractivity contribution < 1.29 is 29.0 Å². The SMILES string of the molecule is CC(C)(C)OC(=O)NC(C[C@@H]1Oc2ccc(Cl)cc2NC1=O)C(=O)O. The Labute approximate surface area is 149 Å². The molecule has 0 fully saturated rings. The van der Waals surface area contributed by atoms with Gasteiger partial charge in [-0.2, -0.15) is 0 Å². The Morgan fingerprint density at radius 2 is 2.12 bits per heavy atom. The molecular weight excluding hydrogens is 352 g/mol. The topological polar surface area (TPSA) is 114 Å². The molecule has 1 heterocycles. The molecule has 8 nitrogen and oxygen atoms in total. The van der Waals surface area contributed by atoms with E-state index in [1.165, 1.54) is 6.07 Å². The largest absolute Gasteiger partial charge is 0.480 e. The molecule has 25 heavy (non-hydrogen) atoms. The van der Waals surface area contributed by atoms with Gasteiger partial charge in [0.2, 0.25) is 0 Å². The number of nitrogens with one attached hydrogen (secondary N) is 2. The smallest absolute Gasteiger partial charge is 0.408 e. The fourth-order valence-corrected chi connectivity index (χ4v) is 2.34. The Kier molecular flexibility index (Phi) is 5.42. The van der Waals surface area contributed by atoms with Crippen LogP contribution in [0.1, 0.15) is 27.2 Å². The standard InChI is InChI=1S/C16H19ClN2O6/c1-16(2,3)25-15(23)19-10(14(21)22)7-12-13(20)18-9-6-8(17)4-5-11(9)24-12/h4-6,10,12H,7H2,1-3H3,(H,18,20)(H,19,23)(H,21,22)/t10?,12-/m0/s1. The van der Waals surface area contributed by atoms with E-state index in [9.17, 15) is 19.5 Å². The highest BCUT2D eigenvalue weighted by atomic mass is 35.5. The summed E-state index contributed by atoms with van der Waals surface area (Å²) >= 11 is 5.85. The highest BCUT2D eigenvalue weighted by Gasteiger charge is 2.34. The highest BCUT2D eigenvalue weighted by molar-refractivity contribution is 6.31. The van der Waals surface area contributed by atoms with E-state index in [1.54, 1.807) is 32.9 Å². The van der Waals surface area contributed by atoms with E-state index >= 15 is 0 Å². The van der Waals surface area contributed by atoms with Gasteiger partial charge in [-0.15, -0.1) is 0 Å². The molecule has 0 radical (unpaired) electrons. The van der Waals surface area contributed by atoms with E-state index in [-0.39, 0.29) is 6.42 Å². The number of carbonyl (C=O) groups is 3. The minimum atomic E-state index is -1.35. The first kappa shape index (κ1) is 18.9. The minimum Gasteiger partial charge on any atom is -0.480 e. The molecule has 0 spiro atoms. The van der Waals surface area contributed by atoms with E-state index in [1.807, 2.05) is 0 Å². The zero-order valence-corrected chi connectivity index (χ0v) is 14.7. The number of amides is 2. The first-order chi connectivity index (χ1) is 11.5. The second-order valence-corrected chi connectivity index (χ2v) is 6.95. The van der Waals surface area contributed by atoms with Gasteiger partial charge in [-0.25, -0.2) is 9.59 Å². The number of hydrogen-bond donors (Lipinski definition) is 3. The third-order valence-corrected chi connectivity index (χ3v) is 3.44. The van der Waals surface area contributed by atoms with E-state index in [0.717, 1.165) is 0 Å². The van der Waals surface area contributed by atoms with Crippen LogP contribution in [0.3, 0.4) is 0 Å². The predicted octanol–water partition coefficient (Wildman–Crippen LogP) is 2.41. The normalized spacial score (nSPS) is 17.6. The molecule has 3 N–H and O–H groups in total. The maximum atomic E-state index is 12.1. The lowest BCUT2D eigenvalue weighted by Gasteiger charge is -2.28. The number of alkyl carbamates (subject to hydrolysis) is 1. The van der Waals surface area contributed by atoms with Crippen LogP contribution in [0, 0.1) is 0 Å². The molecule has 136 valence electrons. The minimum absolute atomic E-state index is 0.261. The van der Waals surface area contributed by atoms with E-state index in [0.29, 0.717) is 16.5 Å². The summed E-state index contributed by atoms with van der Waals surface area (Å²) in [6, 6.07) is 3.34. The van der Waals surface area contributed by atoms with E-state index in [4.69, 9.17) is 21.1 Å². The number of halogens is 1. The Morgan fingerprint density at radius 1 is 1.44 bits per heavy atom. The number of carbonyl (C=O) groups excluding carboxylic acids is 2. The highest BCUT2D eigenvalue weighted by Crippen LogP contribution is 2.32. The van der Waals surface area contributed by atoms with Crippen molar-refractivity contribution in [2.45, 2.75) is 44.9 Å². The van der Waals surface area contributed by atoms with Crippen LogP contribution < -0.4 is 15.4 Å². The van der Waals surface area contributed by atoms with Crippen molar-refractivity contribution in [2.24, 2.45) is 0 Å². The molecule has 1 aromatic carbocycles. The Balaban J connectivity index is 2.07. The maximum Gasteiger partial charge on any atom is 0.408 e. The zero-order chi connectivity index (χ0) is 18.8. The van der Waals surface area contributed by atoms with Crippen LogP contribution in [-0.4, -0.2) is 40.8 Å². The molecule has 2 atom stereocenters. The number of fused-ring (bicyclic) bond motifs is 1. The van der Waals surface area contributed by atoms with Crippen LogP contribution in [0.5, 0.6) is 5.75 Å². The van der Waals surface area contributed by atoms with Crippen LogP contribution in [0.2, 0.25) is 5.02 Å². The van der Waals surface area contributed by atoms with Crippen molar-refractivity contribution in [1.29, 1.82) is 0 Å². The molecule has 0 bridgehead atoms. The van der Waals surface area contributed by atoms with E-state index in [2.05, 4.69) is 10.6 Å². The number of aliphatic carboxylic acids is 1. The molecule has 0 aliphatic carbocycles. The molecule has 1 aliphatic rings. The molecule has 1 aromatic rings. The van der Waals surface area contributed by atoms with Gasteiger partial charge >= 0.3 is 12.1 Å². The van der Waals surface area contributed by atoms with Gasteiger partial charge in [0.25, 0.3) is 5.91 Å². The lowest BCUT2D eigenvalue weighted by atomic mass is 10.1. The molecule has 9 heteroatoms. The van der Waals surface area contributed by atoms with Crippen molar-refractivity contribution in [1.82, 2.24) is 5.32 Å². The summed E-state index contributed by atoms with van der Waals surface area (Å²) in [5.74, 6) is -1.45. The van der Waals surface area contributed by atoms with Crippen LogP contribution >= 0.6 is 11.6 Å². The number of ether oxygens (including phenoxy) is 2. The van der Waals surface area contributed by atoms with Gasteiger partial charge in [0.15, 0.2) is 6.10 Å². The van der Waals surface area contributed by atoms with Gasteiger partial charge in [0, 0.05) is 11.4 Å². The number of hydrogen-bond acceptors (Lipinski definition) is 5. The molecule has 2 rings (SSSR count). The average molecular weight is 371 g/mol. The molecule has 0 saturated heterocycles. The van der Waals surface area contributed by atoms with Crippen molar-refractivity contribution >= 4 is 35.3 Å². The molecule has 0 aromatic heterocycles. The third-order valence-electron chi connectivity index (χ3n) is 3.20. The first-order valence-corrected chi connectivity index (χ1v) is 7.92. The number of rotatable bonds is 4. The fraction of sp³-hybridized carbons (Fsp3) is 0.438. The summed E-state index contributed by atoms with van der Waals surface area (Å²) in [5.41, 5.74) is -0.370. The average Bonchev–Trinajstić information content (AvgIpc) is 2.45. The van der Waals surface area contributed by atoms with Gasteiger partial charge in [0.05, 0.1) is 5.69 Å². The number of carboxylic acid groups (broad SMARTS) is 1.